The van der Waals surface area contributed by atoms with E-state index in [0.717, 1.165) is 29.1 Å². The van der Waals surface area contributed by atoms with Crippen molar-refractivity contribution in [2.45, 2.75) is 58.0 Å². The van der Waals surface area contributed by atoms with Crippen molar-refractivity contribution in [2.75, 3.05) is 0 Å². The van der Waals surface area contributed by atoms with Crippen LogP contribution < -0.4 is 10.9 Å². The Bertz CT molecular complexity index is 913. The predicted molar refractivity (Wildman–Crippen MR) is 95.1 cm³/mol. The Labute approximate surface area is 144 Å². The maximum atomic E-state index is 4.94. The summed E-state index contributed by atoms with van der Waals surface area (Å²) in [7, 11) is 0. The monoisotopic (exact) mass is 342 g/mol. The Balaban J connectivity index is 1.65. The zero-order valence-electron chi connectivity index (χ0n) is 14.0. The van der Waals surface area contributed by atoms with Crippen molar-refractivity contribution >= 4 is 27.2 Å². The molecule has 0 bridgehead atoms. The van der Waals surface area contributed by atoms with Crippen molar-refractivity contribution in [3.8, 4) is 0 Å². The van der Waals surface area contributed by atoms with Crippen LogP contribution in [0.4, 0.5) is 0 Å². The topological polar surface area (TPSA) is 67.1 Å². The van der Waals surface area contributed by atoms with Gasteiger partial charge in [-0.2, -0.15) is 0 Å². The van der Waals surface area contributed by atoms with Gasteiger partial charge in [0.15, 0.2) is 11.5 Å². The summed E-state index contributed by atoms with van der Waals surface area (Å²) >= 11 is 1.84. The molecule has 3 atom stereocenters. The number of hydrogen-bond donors (Lipinski definition) is 2. The minimum Gasteiger partial charge on any atom is -0.254 e. The third kappa shape index (κ3) is 2.04. The Kier molecular flexibility index (Phi) is 3.36. The number of thiophene rings is 1. The lowest BCUT2D eigenvalue weighted by atomic mass is 9.94. The molecular weight excluding hydrogens is 320 g/mol. The van der Waals surface area contributed by atoms with Gasteiger partial charge in [0.2, 0.25) is 0 Å². The molecule has 4 heterocycles. The maximum absolute atomic E-state index is 4.94. The van der Waals surface area contributed by atoms with Crippen LogP contribution in [0.5, 0.6) is 0 Å². The molecule has 3 aromatic heterocycles. The molecule has 1 aliphatic heterocycles. The summed E-state index contributed by atoms with van der Waals surface area (Å²) in [6.45, 7) is 4.47. The summed E-state index contributed by atoms with van der Waals surface area (Å²) in [6.07, 6.45) is 7.82. The second kappa shape index (κ2) is 5.47. The van der Waals surface area contributed by atoms with Crippen molar-refractivity contribution in [1.82, 2.24) is 30.4 Å². The standard InChI is InChI=1S/C17H22N6S/c1-3-11-9(2)14(21-20-11)15-19-16-13-10-6-4-5-7-12(10)24-17(13)18-8-23(16)22-15/h8-9,11,14,20-21H,3-7H2,1-2H3. The smallest absolute Gasteiger partial charge is 0.170 e. The summed E-state index contributed by atoms with van der Waals surface area (Å²) in [5.74, 6) is 1.34. The van der Waals surface area contributed by atoms with E-state index < -0.39 is 0 Å². The van der Waals surface area contributed by atoms with Gasteiger partial charge in [0, 0.05) is 10.9 Å². The molecule has 24 heavy (non-hydrogen) atoms. The van der Waals surface area contributed by atoms with Gasteiger partial charge in [-0.15, -0.1) is 16.4 Å². The Morgan fingerprint density at radius 2 is 2.17 bits per heavy atom. The molecule has 2 aliphatic rings. The molecule has 0 radical (unpaired) electrons. The fourth-order valence-electron chi connectivity index (χ4n) is 4.17. The first kappa shape index (κ1) is 14.7. The number of hydrazine groups is 1. The highest BCUT2D eigenvalue weighted by atomic mass is 32.1. The maximum Gasteiger partial charge on any atom is 0.170 e. The van der Waals surface area contributed by atoms with Crippen LogP contribution in [0.3, 0.4) is 0 Å². The summed E-state index contributed by atoms with van der Waals surface area (Å²) in [4.78, 5) is 12.2. The third-order valence-electron chi connectivity index (χ3n) is 5.61. The third-order valence-corrected chi connectivity index (χ3v) is 6.81. The van der Waals surface area contributed by atoms with Crippen LogP contribution in [0.2, 0.25) is 0 Å². The zero-order valence-corrected chi connectivity index (χ0v) is 14.9. The fourth-order valence-corrected chi connectivity index (χ4v) is 5.39. The molecule has 0 saturated carbocycles. The number of nitrogens with one attached hydrogen (secondary N) is 2. The number of rotatable bonds is 2. The van der Waals surface area contributed by atoms with Gasteiger partial charge >= 0.3 is 0 Å². The van der Waals surface area contributed by atoms with Crippen molar-refractivity contribution in [3.05, 3.63) is 22.6 Å². The minimum absolute atomic E-state index is 0.152. The first-order valence-corrected chi connectivity index (χ1v) is 9.74. The lowest BCUT2D eigenvalue weighted by Crippen LogP contribution is -2.30. The van der Waals surface area contributed by atoms with Gasteiger partial charge in [0.25, 0.3) is 0 Å². The van der Waals surface area contributed by atoms with E-state index in [-0.39, 0.29) is 6.04 Å². The van der Waals surface area contributed by atoms with Crippen molar-refractivity contribution in [2.24, 2.45) is 5.92 Å². The van der Waals surface area contributed by atoms with E-state index in [0.29, 0.717) is 12.0 Å². The molecule has 0 amide bonds. The SMILES string of the molecule is CCC1NNC(c2nc3c4c5c(sc4ncn3n2)CCCC5)C1C. The van der Waals surface area contributed by atoms with E-state index in [1.165, 1.54) is 35.1 Å². The van der Waals surface area contributed by atoms with Crippen LogP contribution in [0.15, 0.2) is 6.33 Å². The van der Waals surface area contributed by atoms with Gasteiger partial charge in [0.1, 0.15) is 11.2 Å². The number of aromatic nitrogens is 4. The van der Waals surface area contributed by atoms with Gasteiger partial charge < -0.3 is 0 Å². The first-order chi connectivity index (χ1) is 11.8. The summed E-state index contributed by atoms with van der Waals surface area (Å²) < 4.78 is 1.87. The van der Waals surface area contributed by atoms with Gasteiger partial charge in [-0.25, -0.2) is 19.9 Å². The quantitative estimate of drug-likeness (QED) is 0.750. The second-order valence-electron chi connectivity index (χ2n) is 7.01. The number of fused-ring (bicyclic) bond motifs is 5. The molecule has 5 rings (SSSR count). The van der Waals surface area contributed by atoms with Gasteiger partial charge in [0.05, 0.1) is 11.4 Å². The Morgan fingerprint density at radius 1 is 1.29 bits per heavy atom. The highest BCUT2D eigenvalue weighted by molar-refractivity contribution is 7.19. The normalized spacial score (nSPS) is 27.2. The molecule has 3 aromatic rings. The van der Waals surface area contributed by atoms with Crippen LogP contribution in [0.1, 0.15) is 55.4 Å². The lowest BCUT2D eigenvalue weighted by Gasteiger charge is -2.14. The van der Waals surface area contributed by atoms with Gasteiger partial charge in [-0.1, -0.05) is 13.8 Å². The van der Waals surface area contributed by atoms with Crippen LogP contribution in [0, 0.1) is 5.92 Å². The van der Waals surface area contributed by atoms with Gasteiger partial charge in [-0.05, 0) is 43.6 Å². The summed E-state index contributed by atoms with van der Waals surface area (Å²) in [5.41, 5.74) is 9.20. The molecule has 6 nitrogen and oxygen atoms in total. The molecule has 1 aliphatic carbocycles. The fraction of sp³-hybridized carbons (Fsp3) is 0.588. The molecule has 0 spiro atoms. The second-order valence-corrected chi connectivity index (χ2v) is 8.10. The summed E-state index contributed by atoms with van der Waals surface area (Å²) in [6, 6.07) is 0.619. The van der Waals surface area contributed by atoms with Crippen molar-refractivity contribution < 1.29 is 0 Å². The minimum atomic E-state index is 0.152. The lowest BCUT2D eigenvalue weighted by molar-refractivity contribution is 0.433. The highest BCUT2D eigenvalue weighted by Gasteiger charge is 2.35. The van der Waals surface area contributed by atoms with Crippen molar-refractivity contribution in [1.29, 1.82) is 0 Å². The van der Waals surface area contributed by atoms with Gasteiger partial charge in [-0.3, -0.25) is 5.43 Å². The van der Waals surface area contributed by atoms with Crippen molar-refractivity contribution in [3.63, 3.8) is 0 Å². The van der Waals surface area contributed by atoms with Crippen LogP contribution >= 0.6 is 11.3 Å². The average molecular weight is 342 g/mol. The van der Waals surface area contributed by atoms with Crippen LogP contribution in [0.25, 0.3) is 15.9 Å². The molecular formula is C17H22N6S. The molecule has 1 saturated heterocycles. The largest absolute Gasteiger partial charge is 0.254 e. The van der Waals surface area contributed by atoms with E-state index >= 15 is 0 Å². The number of nitrogens with zero attached hydrogens (tertiary/aromatic N) is 4. The Hall–Kier alpha value is -1.57. The molecule has 7 heteroatoms. The molecule has 2 N–H and O–H groups in total. The number of aryl methyl sites for hydroxylation is 2. The average Bonchev–Trinajstić information content (AvgIpc) is 3.27. The number of hydrogen-bond acceptors (Lipinski definition) is 6. The highest BCUT2D eigenvalue weighted by Crippen LogP contribution is 2.37. The molecule has 1 fully saturated rings. The Morgan fingerprint density at radius 3 is 3.00 bits per heavy atom. The van der Waals surface area contributed by atoms with Crippen LogP contribution in [-0.4, -0.2) is 25.6 Å². The van der Waals surface area contributed by atoms with E-state index in [9.17, 15) is 0 Å². The van der Waals surface area contributed by atoms with Crippen LogP contribution in [-0.2, 0) is 12.8 Å². The first-order valence-electron chi connectivity index (χ1n) is 8.93. The van der Waals surface area contributed by atoms with E-state index in [4.69, 9.17) is 10.1 Å². The zero-order chi connectivity index (χ0) is 16.3. The molecule has 3 unspecified atom stereocenters. The van der Waals surface area contributed by atoms with E-state index in [1.54, 1.807) is 0 Å². The predicted octanol–water partition coefficient (Wildman–Crippen LogP) is 2.78. The molecule has 126 valence electrons. The van der Waals surface area contributed by atoms with E-state index in [1.807, 2.05) is 22.2 Å². The van der Waals surface area contributed by atoms with E-state index in [2.05, 4.69) is 29.7 Å². The summed E-state index contributed by atoms with van der Waals surface area (Å²) in [5, 5.41) is 5.98. The molecule has 0 aromatic carbocycles.